The molecule has 0 radical (unpaired) electrons. The van der Waals surface area contributed by atoms with Crippen LogP contribution in [0.1, 0.15) is 66.1 Å². The first-order valence-electron chi connectivity index (χ1n) is 16.0. The van der Waals surface area contributed by atoms with E-state index in [0.717, 1.165) is 41.6 Å². The Balaban J connectivity index is 1.10. The summed E-state index contributed by atoms with van der Waals surface area (Å²) in [6.45, 7) is 5.60. The van der Waals surface area contributed by atoms with E-state index in [2.05, 4.69) is 51.6 Å². The molecule has 5 aromatic rings. The minimum atomic E-state index is -0.718. The van der Waals surface area contributed by atoms with E-state index in [-0.39, 0.29) is 41.3 Å². The van der Waals surface area contributed by atoms with Crippen LogP contribution in [0.15, 0.2) is 53.5 Å². The first-order chi connectivity index (χ1) is 23.1. The summed E-state index contributed by atoms with van der Waals surface area (Å²) in [6, 6.07) is 8.47. The highest BCUT2D eigenvalue weighted by Crippen LogP contribution is 2.60. The molecule has 3 fully saturated rings. The zero-order valence-corrected chi connectivity index (χ0v) is 28.3. The van der Waals surface area contributed by atoms with Crippen molar-refractivity contribution in [1.82, 2.24) is 44.6 Å². The molecule has 2 amide bonds. The van der Waals surface area contributed by atoms with Crippen molar-refractivity contribution < 1.29 is 14.4 Å². The number of nitrogens with one attached hydrogen (secondary N) is 1. The maximum atomic E-state index is 14.3. The van der Waals surface area contributed by atoms with E-state index in [1.54, 1.807) is 22.0 Å². The highest BCUT2D eigenvalue weighted by atomic mass is 79.9. The lowest BCUT2D eigenvalue weighted by Gasteiger charge is -2.27. The Kier molecular flexibility index (Phi) is 7.23. The van der Waals surface area contributed by atoms with Gasteiger partial charge >= 0.3 is 0 Å². The van der Waals surface area contributed by atoms with Crippen molar-refractivity contribution in [3.8, 4) is 11.1 Å². The Morgan fingerprint density at radius 1 is 1.04 bits per heavy atom. The number of benzene rings is 1. The predicted octanol–water partition coefficient (Wildman–Crippen LogP) is 4.64. The molecule has 0 spiro atoms. The molecule has 3 aliphatic rings. The number of aromatic nitrogens is 8. The molecule has 2 aliphatic carbocycles. The minimum Gasteiger partial charge on any atom is -0.325 e. The predicted molar refractivity (Wildman–Crippen MR) is 179 cm³/mol. The number of hydrogen-bond acceptors (Lipinski definition) is 9. The molecule has 5 heterocycles. The van der Waals surface area contributed by atoms with Crippen LogP contribution in [0, 0.1) is 19.3 Å². The number of Topliss-reactive ketones (excluding diaryl/α,β-unsaturated/α-hetero) is 1. The van der Waals surface area contributed by atoms with Crippen LogP contribution in [0.2, 0.25) is 0 Å². The number of rotatable bonds is 9. The third kappa shape index (κ3) is 5.47. The monoisotopic (exact) mass is 708 g/mol. The molecule has 1 aliphatic heterocycles. The molecule has 4 aromatic heterocycles. The molecule has 14 heteroatoms. The summed E-state index contributed by atoms with van der Waals surface area (Å²) in [5.74, 6) is 0.847. The summed E-state index contributed by atoms with van der Waals surface area (Å²) in [5.41, 5.74) is 4.09. The van der Waals surface area contributed by atoms with E-state index < -0.39 is 6.04 Å². The number of carbonyl (C=O) groups is 3. The van der Waals surface area contributed by atoms with E-state index in [9.17, 15) is 14.4 Å². The van der Waals surface area contributed by atoms with Gasteiger partial charge < -0.3 is 10.2 Å². The van der Waals surface area contributed by atoms with Gasteiger partial charge in [-0.1, -0.05) is 17.3 Å². The fourth-order valence-corrected chi connectivity index (χ4v) is 7.35. The standard InChI is InChI=1S/C34H33BrN10O3/c1-18-4-9-29(35)38-32(18)39-33(48)27-11-34(17-43-15-25(40-42-43)21-5-6-21)12-28(34)45(27)30(47)16-44-26-8-7-22(23-13-36-20(3)37-14-23)10-24(26)31(41-44)19(2)46/h4,7-10,13-15,21,27-28H,5-6,11-12,16-17H2,1-3H3,(H,38,39,48)/t27-,28?,34-/m0/s1. The number of ketones is 1. The lowest BCUT2D eigenvalue weighted by Crippen LogP contribution is -2.47. The van der Waals surface area contributed by atoms with Crippen molar-refractivity contribution in [2.24, 2.45) is 5.41 Å². The van der Waals surface area contributed by atoms with Crippen LogP contribution >= 0.6 is 15.9 Å². The maximum Gasteiger partial charge on any atom is 0.248 e. The van der Waals surface area contributed by atoms with E-state index in [4.69, 9.17) is 0 Å². The smallest absolute Gasteiger partial charge is 0.248 e. The summed E-state index contributed by atoms with van der Waals surface area (Å²) in [5, 5.41) is 17.0. The van der Waals surface area contributed by atoms with Crippen molar-refractivity contribution in [3.63, 3.8) is 0 Å². The number of hydrogen-bond donors (Lipinski definition) is 1. The third-order valence-corrected chi connectivity index (χ3v) is 10.3. The van der Waals surface area contributed by atoms with Crippen molar-refractivity contribution >= 4 is 50.2 Å². The van der Waals surface area contributed by atoms with Gasteiger partial charge in [0, 0.05) is 53.8 Å². The topological polar surface area (TPSA) is 154 Å². The van der Waals surface area contributed by atoms with Crippen molar-refractivity contribution in [1.29, 1.82) is 0 Å². The maximum absolute atomic E-state index is 14.3. The lowest BCUT2D eigenvalue weighted by atomic mass is 9.99. The van der Waals surface area contributed by atoms with Crippen LogP contribution < -0.4 is 5.32 Å². The number of nitrogens with zero attached hydrogens (tertiary/aromatic N) is 9. The van der Waals surface area contributed by atoms with Crippen LogP contribution in [0.5, 0.6) is 0 Å². The normalized spacial score (nSPS) is 21.4. The van der Waals surface area contributed by atoms with Crippen LogP contribution in [0.4, 0.5) is 5.82 Å². The van der Waals surface area contributed by atoms with Crippen molar-refractivity contribution in [2.75, 3.05) is 5.32 Å². The Hall–Kier alpha value is -4.85. The Bertz CT molecular complexity index is 2120. The Morgan fingerprint density at radius 2 is 1.83 bits per heavy atom. The summed E-state index contributed by atoms with van der Waals surface area (Å²) in [7, 11) is 0. The number of anilines is 1. The quantitative estimate of drug-likeness (QED) is 0.170. The van der Waals surface area contributed by atoms with E-state index in [1.807, 2.05) is 55.1 Å². The number of aryl methyl sites for hydroxylation is 2. The van der Waals surface area contributed by atoms with Crippen LogP contribution in [0.3, 0.4) is 0 Å². The summed E-state index contributed by atoms with van der Waals surface area (Å²) in [6.07, 6.45) is 9.00. The Labute approximate surface area is 284 Å². The van der Waals surface area contributed by atoms with Crippen LogP contribution in [-0.4, -0.2) is 74.3 Å². The van der Waals surface area contributed by atoms with E-state index >= 15 is 0 Å². The summed E-state index contributed by atoms with van der Waals surface area (Å²) < 4.78 is 4.04. The molecule has 1 N–H and O–H groups in total. The summed E-state index contributed by atoms with van der Waals surface area (Å²) in [4.78, 5) is 55.7. The second kappa shape index (κ2) is 11.4. The van der Waals surface area contributed by atoms with Gasteiger partial charge in [-0.2, -0.15) is 5.10 Å². The number of carbonyl (C=O) groups excluding carboxylic acids is 3. The average Bonchev–Trinajstić information content (AvgIpc) is 3.90. The highest BCUT2D eigenvalue weighted by Gasteiger charge is 2.67. The summed E-state index contributed by atoms with van der Waals surface area (Å²) >= 11 is 3.39. The fourth-order valence-electron chi connectivity index (χ4n) is 7.04. The molecule has 13 nitrogen and oxygen atoms in total. The van der Waals surface area contributed by atoms with Crippen molar-refractivity contribution in [2.45, 2.75) is 77.5 Å². The zero-order valence-electron chi connectivity index (χ0n) is 26.7. The van der Waals surface area contributed by atoms with Gasteiger partial charge in [0.15, 0.2) is 5.78 Å². The van der Waals surface area contributed by atoms with Gasteiger partial charge in [-0.15, -0.1) is 5.10 Å². The molecule has 0 bridgehead atoms. The molecule has 244 valence electrons. The second-order valence-electron chi connectivity index (χ2n) is 13.3. The molecule has 2 saturated carbocycles. The van der Waals surface area contributed by atoms with Gasteiger partial charge in [0.05, 0.1) is 17.8 Å². The average molecular weight is 710 g/mol. The van der Waals surface area contributed by atoms with Crippen LogP contribution in [0.25, 0.3) is 22.0 Å². The van der Waals surface area contributed by atoms with Gasteiger partial charge in [-0.3, -0.25) is 23.7 Å². The molecular formula is C34H33BrN10O3. The van der Waals surface area contributed by atoms with Gasteiger partial charge in [0.2, 0.25) is 11.8 Å². The zero-order chi connectivity index (χ0) is 33.3. The molecular weight excluding hydrogens is 676 g/mol. The number of halogens is 1. The fraction of sp³-hybridized carbons (Fsp3) is 0.382. The number of likely N-dealkylation sites (tertiary alicyclic amines) is 1. The Morgan fingerprint density at radius 3 is 2.58 bits per heavy atom. The molecule has 8 rings (SSSR count). The molecule has 1 unspecified atom stereocenters. The van der Waals surface area contributed by atoms with Gasteiger partial charge in [-0.05, 0) is 84.8 Å². The van der Waals surface area contributed by atoms with Gasteiger partial charge in [0.1, 0.15) is 34.5 Å². The first-order valence-corrected chi connectivity index (χ1v) is 16.8. The van der Waals surface area contributed by atoms with Crippen molar-refractivity contribution in [3.05, 3.63) is 76.3 Å². The molecule has 48 heavy (non-hydrogen) atoms. The number of piperidine rings is 1. The number of amides is 2. The molecule has 3 atom stereocenters. The third-order valence-electron chi connectivity index (χ3n) is 9.83. The van der Waals surface area contributed by atoms with Gasteiger partial charge in [0.25, 0.3) is 0 Å². The van der Waals surface area contributed by atoms with E-state index in [1.165, 1.54) is 6.92 Å². The first kappa shape index (κ1) is 30.5. The van der Waals surface area contributed by atoms with Gasteiger partial charge in [-0.25, -0.2) is 15.0 Å². The number of pyridine rings is 1. The largest absolute Gasteiger partial charge is 0.325 e. The minimum absolute atomic E-state index is 0.129. The second-order valence-corrected chi connectivity index (χ2v) is 14.1. The number of fused-ring (bicyclic) bond motifs is 2. The van der Waals surface area contributed by atoms with E-state index in [0.29, 0.717) is 46.0 Å². The molecule has 1 saturated heterocycles. The van der Waals surface area contributed by atoms with Crippen LogP contribution in [-0.2, 0) is 22.7 Å². The SMILES string of the molecule is CC(=O)c1nn(CC(=O)N2C3C[C@]3(Cn3cc(C4CC4)nn3)C[C@H]2C(=O)Nc2nc(Br)ccc2C)c2ccc(-c3cnc(C)nc3)cc12. The highest BCUT2D eigenvalue weighted by molar-refractivity contribution is 9.10. The molecule has 1 aromatic carbocycles. The lowest BCUT2D eigenvalue weighted by molar-refractivity contribution is -0.138.